The number of aromatic nitrogens is 1. The Hall–Kier alpha value is -3.28. The smallest absolute Gasteiger partial charge is 0.300 e. The number of primary amides is 1. The first-order valence-electron chi connectivity index (χ1n) is 7.35. The second-order valence-corrected chi connectivity index (χ2v) is 5.28. The van der Waals surface area contributed by atoms with E-state index in [1.165, 1.54) is 0 Å². The van der Waals surface area contributed by atoms with Gasteiger partial charge in [-0.2, -0.15) is 4.98 Å². The SMILES string of the molecule is COc1ccc(-c2oc(Nc3cccc(C)c3)nc2C(N)=O)cc1. The van der Waals surface area contributed by atoms with Gasteiger partial charge >= 0.3 is 0 Å². The second-order valence-electron chi connectivity index (χ2n) is 5.28. The van der Waals surface area contributed by atoms with Crippen LogP contribution < -0.4 is 15.8 Å². The van der Waals surface area contributed by atoms with Crippen molar-refractivity contribution < 1.29 is 13.9 Å². The second kappa shape index (κ2) is 6.45. The molecule has 0 saturated heterocycles. The molecule has 0 radical (unpaired) electrons. The molecule has 3 rings (SSSR count). The van der Waals surface area contributed by atoms with Crippen LogP contribution in [0.1, 0.15) is 16.1 Å². The number of carbonyl (C=O) groups excluding carboxylic acids is 1. The number of nitrogens with two attached hydrogens (primary N) is 1. The van der Waals surface area contributed by atoms with Crippen LogP contribution in [0.5, 0.6) is 5.75 Å². The Bertz CT molecular complexity index is 869. The minimum Gasteiger partial charge on any atom is -0.497 e. The van der Waals surface area contributed by atoms with Crippen LogP contribution in [0.25, 0.3) is 11.3 Å². The van der Waals surface area contributed by atoms with Gasteiger partial charge in [-0.05, 0) is 48.9 Å². The molecule has 3 aromatic rings. The summed E-state index contributed by atoms with van der Waals surface area (Å²) in [5.74, 6) is 0.374. The molecule has 122 valence electrons. The molecular formula is C18H17N3O3. The van der Waals surface area contributed by atoms with Crippen LogP contribution in [-0.2, 0) is 0 Å². The van der Waals surface area contributed by atoms with Crippen molar-refractivity contribution in [2.45, 2.75) is 6.92 Å². The van der Waals surface area contributed by atoms with Gasteiger partial charge < -0.3 is 20.2 Å². The number of benzene rings is 2. The zero-order chi connectivity index (χ0) is 17.1. The molecule has 0 unspecified atom stereocenters. The van der Waals surface area contributed by atoms with Crippen molar-refractivity contribution in [3.05, 3.63) is 59.8 Å². The topological polar surface area (TPSA) is 90.4 Å². The molecule has 0 bridgehead atoms. The number of oxazole rings is 1. The molecule has 0 aliphatic heterocycles. The molecule has 1 heterocycles. The zero-order valence-electron chi connectivity index (χ0n) is 13.4. The number of methoxy groups -OCH3 is 1. The fourth-order valence-electron chi connectivity index (χ4n) is 2.32. The van der Waals surface area contributed by atoms with Crippen molar-refractivity contribution in [1.82, 2.24) is 4.98 Å². The highest BCUT2D eigenvalue weighted by molar-refractivity contribution is 5.97. The number of carbonyl (C=O) groups is 1. The third-order valence-electron chi connectivity index (χ3n) is 3.48. The van der Waals surface area contributed by atoms with E-state index in [-0.39, 0.29) is 11.7 Å². The van der Waals surface area contributed by atoms with Gasteiger partial charge in [0.1, 0.15) is 5.75 Å². The summed E-state index contributed by atoms with van der Waals surface area (Å²) in [7, 11) is 1.59. The highest BCUT2D eigenvalue weighted by Gasteiger charge is 2.19. The number of hydrogen-bond acceptors (Lipinski definition) is 5. The maximum absolute atomic E-state index is 11.7. The highest BCUT2D eigenvalue weighted by Crippen LogP contribution is 2.29. The molecule has 3 N–H and O–H groups in total. The number of nitrogens with zero attached hydrogens (tertiary/aromatic N) is 1. The average Bonchev–Trinajstić information content (AvgIpc) is 2.99. The van der Waals surface area contributed by atoms with Crippen LogP contribution in [0.2, 0.25) is 0 Å². The minimum atomic E-state index is -0.651. The number of amides is 1. The summed E-state index contributed by atoms with van der Waals surface area (Å²) in [5.41, 5.74) is 8.10. The first-order chi connectivity index (χ1) is 11.6. The van der Waals surface area contributed by atoms with E-state index < -0.39 is 5.91 Å². The lowest BCUT2D eigenvalue weighted by atomic mass is 10.1. The van der Waals surface area contributed by atoms with E-state index in [1.807, 2.05) is 31.2 Å². The lowest BCUT2D eigenvalue weighted by molar-refractivity contribution is 0.0996. The van der Waals surface area contributed by atoms with Crippen molar-refractivity contribution in [3.63, 3.8) is 0 Å². The molecule has 0 fully saturated rings. The molecule has 6 heteroatoms. The Morgan fingerprint density at radius 1 is 1.21 bits per heavy atom. The summed E-state index contributed by atoms with van der Waals surface area (Å²) >= 11 is 0. The quantitative estimate of drug-likeness (QED) is 0.750. The molecule has 1 aromatic heterocycles. The van der Waals surface area contributed by atoms with Crippen molar-refractivity contribution in [2.24, 2.45) is 5.73 Å². The Kier molecular flexibility index (Phi) is 4.20. The number of ether oxygens (including phenoxy) is 1. The Morgan fingerprint density at radius 2 is 1.96 bits per heavy atom. The average molecular weight is 323 g/mol. The fraction of sp³-hybridized carbons (Fsp3) is 0.111. The number of rotatable bonds is 5. The van der Waals surface area contributed by atoms with Gasteiger partial charge in [-0.25, -0.2) is 0 Å². The Labute approximate surface area is 139 Å². The molecule has 0 spiro atoms. The van der Waals surface area contributed by atoms with Gasteiger partial charge in [0, 0.05) is 11.3 Å². The largest absolute Gasteiger partial charge is 0.497 e. The summed E-state index contributed by atoms with van der Waals surface area (Å²) in [6.45, 7) is 1.98. The number of anilines is 2. The first-order valence-corrected chi connectivity index (χ1v) is 7.35. The molecule has 0 aliphatic rings. The predicted molar refractivity (Wildman–Crippen MR) is 91.5 cm³/mol. The van der Waals surface area contributed by atoms with E-state index >= 15 is 0 Å². The normalized spacial score (nSPS) is 10.4. The maximum Gasteiger partial charge on any atom is 0.300 e. The lowest BCUT2D eigenvalue weighted by Crippen LogP contribution is -2.12. The van der Waals surface area contributed by atoms with E-state index in [4.69, 9.17) is 14.9 Å². The van der Waals surface area contributed by atoms with Crippen LogP contribution in [0.15, 0.2) is 52.9 Å². The molecule has 0 aliphatic carbocycles. The molecule has 6 nitrogen and oxygen atoms in total. The fourth-order valence-corrected chi connectivity index (χ4v) is 2.32. The van der Waals surface area contributed by atoms with Gasteiger partial charge in [0.2, 0.25) is 0 Å². The Morgan fingerprint density at radius 3 is 2.58 bits per heavy atom. The van der Waals surface area contributed by atoms with Crippen LogP contribution in [-0.4, -0.2) is 18.0 Å². The third-order valence-corrected chi connectivity index (χ3v) is 3.48. The van der Waals surface area contributed by atoms with E-state index in [2.05, 4.69) is 10.3 Å². The monoisotopic (exact) mass is 323 g/mol. The van der Waals surface area contributed by atoms with E-state index in [1.54, 1.807) is 31.4 Å². The first kappa shape index (κ1) is 15.6. The van der Waals surface area contributed by atoms with Gasteiger partial charge in [-0.15, -0.1) is 0 Å². The predicted octanol–water partition coefficient (Wildman–Crippen LogP) is 3.50. The summed E-state index contributed by atoms with van der Waals surface area (Å²) in [5, 5.41) is 3.04. The summed E-state index contributed by atoms with van der Waals surface area (Å²) in [6, 6.07) is 15.0. The third kappa shape index (κ3) is 3.22. The van der Waals surface area contributed by atoms with Crippen LogP contribution in [0.3, 0.4) is 0 Å². The lowest BCUT2D eigenvalue weighted by Gasteiger charge is -2.03. The molecule has 1 amide bonds. The van der Waals surface area contributed by atoms with E-state index in [0.717, 1.165) is 11.3 Å². The molecule has 0 atom stereocenters. The van der Waals surface area contributed by atoms with Crippen molar-refractivity contribution >= 4 is 17.6 Å². The highest BCUT2D eigenvalue weighted by atomic mass is 16.5. The van der Waals surface area contributed by atoms with Crippen LogP contribution >= 0.6 is 0 Å². The summed E-state index contributed by atoms with van der Waals surface area (Å²) < 4.78 is 10.8. The van der Waals surface area contributed by atoms with Crippen molar-refractivity contribution in [1.29, 1.82) is 0 Å². The minimum absolute atomic E-state index is 0.0790. The van der Waals surface area contributed by atoms with E-state index in [0.29, 0.717) is 17.1 Å². The zero-order valence-corrected chi connectivity index (χ0v) is 13.4. The number of nitrogens with one attached hydrogen (secondary N) is 1. The van der Waals surface area contributed by atoms with Gasteiger partial charge in [-0.3, -0.25) is 4.79 Å². The molecule has 24 heavy (non-hydrogen) atoms. The molecular weight excluding hydrogens is 306 g/mol. The Balaban J connectivity index is 1.96. The standard InChI is InChI=1S/C18H17N3O3/c1-11-4-3-5-13(10-11)20-18-21-15(17(19)22)16(24-18)12-6-8-14(23-2)9-7-12/h3-10H,1-2H3,(H2,19,22)(H,20,21). The van der Waals surface area contributed by atoms with Crippen LogP contribution in [0.4, 0.5) is 11.7 Å². The van der Waals surface area contributed by atoms with Gasteiger partial charge in [0.15, 0.2) is 11.5 Å². The van der Waals surface area contributed by atoms with Crippen molar-refractivity contribution in [3.8, 4) is 17.1 Å². The van der Waals surface area contributed by atoms with Gasteiger partial charge in [0.25, 0.3) is 11.9 Å². The molecule has 0 saturated carbocycles. The summed E-state index contributed by atoms with van der Waals surface area (Å²) in [4.78, 5) is 15.9. The number of hydrogen-bond donors (Lipinski definition) is 2. The van der Waals surface area contributed by atoms with Gasteiger partial charge in [0.05, 0.1) is 7.11 Å². The van der Waals surface area contributed by atoms with Crippen LogP contribution in [0, 0.1) is 6.92 Å². The van der Waals surface area contributed by atoms with Crippen molar-refractivity contribution in [2.75, 3.05) is 12.4 Å². The molecule has 2 aromatic carbocycles. The van der Waals surface area contributed by atoms with E-state index in [9.17, 15) is 4.79 Å². The number of aryl methyl sites for hydroxylation is 1. The maximum atomic E-state index is 11.7. The van der Waals surface area contributed by atoms with Gasteiger partial charge in [-0.1, -0.05) is 12.1 Å². The summed E-state index contributed by atoms with van der Waals surface area (Å²) in [6.07, 6.45) is 0.